The van der Waals surface area contributed by atoms with Gasteiger partial charge >= 0.3 is 17.9 Å². The van der Waals surface area contributed by atoms with Crippen LogP contribution in [0.3, 0.4) is 0 Å². The summed E-state index contributed by atoms with van der Waals surface area (Å²) in [5.74, 6) is -6.79. The molecule has 0 saturated carbocycles. The molecule has 23 heteroatoms. The number of nitrogen functional groups attached to an aromatic ring is 1. The van der Waals surface area contributed by atoms with Crippen molar-refractivity contribution in [3.63, 3.8) is 0 Å². The first-order valence-electron chi connectivity index (χ1n) is 14.3. The lowest BCUT2D eigenvalue weighted by Gasteiger charge is -2.49. The number of anilines is 1. The molecular weight excluding hydrogens is 735 g/mol. The van der Waals surface area contributed by atoms with E-state index in [1.54, 1.807) is 0 Å². The summed E-state index contributed by atoms with van der Waals surface area (Å²) in [7, 11) is 0. The number of hydrogen-bond donors (Lipinski definition) is 7. The van der Waals surface area contributed by atoms with Gasteiger partial charge in [-0.05, 0) is 17.7 Å². The highest BCUT2D eigenvalue weighted by atomic mass is 32.2. The van der Waals surface area contributed by atoms with E-state index in [0.717, 1.165) is 34.1 Å². The molecule has 1 aromatic carbocycles. The average molecular weight is 758 g/mol. The van der Waals surface area contributed by atoms with Gasteiger partial charge in [0, 0.05) is 22.4 Å². The smallest absolute Gasteiger partial charge is 0.352 e. The molecule has 51 heavy (non-hydrogen) atoms. The number of carboxylic acid groups (broad SMARTS) is 3. The van der Waals surface area contributed by atoms with Crippen molar-refractivity contribution in [2.45, 2.75) is 29.5 Å². The van der Waals surface area contributed by atoms with Crippen LogP contribution in [0.15, 0.2) is 51.4 Å². The standard InChI is InChI=1S/C28H23N9O11S3/c29-27-33-13(8-51-27)18(35-48-5-10-1-2-14(38)21(41)17(10)25(44)45)22(42)34-19-23(43)36-20(26(46)47)11(7-50-24(19)36)6-49-15-3-12(4-16(39)40)32-28-30-9-31-37(15)28/h1-3,8-9,19,24,38,41H,4-7H2,(H2,29,33)(H,34,42)(H,39,40)(H,44,45)(H,46,47)/b35-18-/t19-,24-/m1/s1. The predicted octanol–water partition coefficient (Wildman–Crippen LogP) is 0.351. The molecule has 0 aliphatic carbocycles. The molecule has 4 aromatic rings. The van der Waals surface area contributed by atoms with Crippen molar-refractivity contribution in [3.8, 4) is 11.5 Å². The summed E-state index contributed by atoms with van der Waals surface area (Å²) in [5.41, 5.74) is 4.92. The summed E-state index contributed by atoms with van der Waals surface area (Å²) in [6.45, 7) is -0.559. The van der Waals surface area contributed by atoms with E-state index >= 15 is 0 Å². The van der Waals surface area contributed by atoms with Crippen LogP contribution in [0.5, 0.6) is 11.5 Å². The van der Waals surface area contributed by atoms with Crippen LogP contribution in [0.4, 0.5) is 5.13 Å². The van der Waals surface area contributed by atoms with Gasteiger partial charge in [-0.3, -0.25) is 19.3 Å². The van der Waals surface area contributed by atoms with Crippen molar-refractivity contribution in [3.05, 3.63) is 63.7 Å². The summed E-state index contributed by atoms with van der Waals surface area (Å²) < 4.78 is 1.38. The number of phenols is 2. The van der Waals surface area contributed by atoms with Gasteiger partial charge in [0.15, 0.2) is 22.3 Å². The molecule has 5 heterocycles. The number of nitrogens with zero attached hydrogens (tertiary/aromatic N) is 7. The van der Waals surface area contributed by atoms with Crippen molar-refractivity contribution >= 4 is 81.2 Å². The number of thiazole rings is 1. The van der Waals surface area contributed by atoms with E-state index in [1.807, 2.05) is 0 Å². The summed E-state index contributed by atoms with van der Waals surface area (Å²) in [5, 5.41) is 60.0. The molecule has 1 fully saturated rings. The Labute approximate surface area is 296 Å². The number of fused-ring (bicyclic) bond motifs is 2. The van der Waals surface area contributed by atoms with Crippen LogP contribution in [0, 0.1) is 0 Å². The summed E-state index contributed by atoms with van der Waals surface area (Å²) in [6, 6.07) is 2.57. The lowest BCUT2D eigenvalue weighted by molar-refractivity contribution is -0.150. The minimum absolute atomic E-state index is 0.0310. The highest BCUT2D eigenvalue weighted by molar-refractivity contribution is 8.01. The lowest BCUT2D eigenvalue weighted by Crippen LogP contribution is -2.71. The SMILES string of the molecule is Nc1nc(/C(=N/OCc2ccc(O)c(O)c2C(=O)O)C(=O)N[C@@H]2C(=O)N3C(C(=O)O)=C(CSc4cc(CC(=O)O)nc5ncnn45)CS[C@H]23)cs1. The number of carbonyl (C=O) groups excluding carboxylic acids is 2. The topological polar surface area (TPSA) is 305 Å². The Hall–Kier alpha value is -5.94. The maximum Gasteiger partial charge on any atom is 0.352 e. The number of rotatable bonds is 13. The normalized spacial score (nSPS) is 17.2. The number of β-lactam (4-membered cyclic amide) rings is 1. The van der Waals surface area contributed by atoms with Gasteiger partial charge in [0.05, 0.1) is 12.1 Å². The number of aliphatic carboxylic acids is 2. The highest BCUT2D eigenvalue weighted by Crippen LogP contribution is 2.42. The van der Waals surface area contributed by atoms with Crippen molar-refractivity contribution in [1.29, 1.82) is 0 Å². The minimum atomic E-state index is -1.56. The molecule has 0 spiro atoms. The molecule has 6 rings (SSSR count). The zero-order valence-corrected chi connectivity index (χ0v) is 27.9. The molecule has 2 atom stereocenters. The zero-order valence-electron chi connectivity index (χ0n) is 25.5. The Bertz CT molecular complexity index is 2180. The molecule has 0 unspecified atom stereocenters. The Balaban J connectivity index is 1.19. The second kappa shape index (κ2) is 14.1. The molecule has 2 amide bonds. The Morgan fingerprint density at radius 1 is 1.14 bits per heavy atom. The maximum atomic E-state index is 13.5. The minimum Gasteiger partial charge on any atom is -0.504 e. The van der Waals surface area contributed by atoms with Gasteiger partial charge in [-0.1, -0.05) is 11.2 Å². The van der Waals surface area contributed by atoms with E-state index in [-0.39, 0.29) is 51.5 Å². The first-order chi connectivity index (χ1) is 24.3. The van der Waals surface area contributed by atoms with Crippen molar-refractivity contribution in [2.24, 2.45) is 5.16 Å². The molecule has 8 N–H and O–H groups in total. The summed E-state index contributed by atoms with van der Waals surface area (Å²) in [4.78, 5) is 80.7. The number of amides is 2. The van der Waals surface area contributed by atoms with Gasteiger partial charge in [0.25, 0.3) is 17.6 Å². The third-order valence-electron chi connectivity index (χ3n) is 7.35. The number of nitrogens with two attached hydrogens (primary N) is 1. The van der Waals surface area contributed by atoms with Crippen LogP contribution < -0.4 is 11.1 Å². The van der Waals surface area contributed by atoms with Gasteiger partial charge in [0.1, 0.15) is 46.3 Å². The van der Waals surface area contributed by atoms with E-state index < -0.39 is 70.5 Å². The van der Waals surface area contributed by atoms with Crippen molar-refractivity contribution in [2.75, 3.05) is 17.2 Å². The second-order valence-electron chi connectivity index (χ2n) is 10.6. The third-order valence-corrected chi connectivity index (χ3v) is 10.4. The van der Waals surface area contributed by atoms with Crippen LogP contribution in [0.25, 0.3) is 5.78 Å². The molecule has 2 aliphatic heterocycles. The van der Waals surface area contributed by atoms with Crippen LogP contribution in [-0.4, -0.2) is 113 Å². The molecule has 1 saturated heterocycles. The van der Waals surface area contributed by atoms with Crippen LogP contribution >= 0.6 is 34.9 Å². The van der Waals surface area contributed by atoms with Crippen LogP contribution in [0.1, 0.15) is 27.3 Å². The average Bonchev–Trinajstić information content (AvgIpc) is 3.73. The number of hydrogen-bond acceptors (Lipinski definition) is 17. The number of oxime groups is 1. The molecule has 0 bridgehead atoms. The number of aromatic hydroxyl groups is 2. The summed E-state index contributed by atoms with van der Waals surface area (Å²) in [6.07, 6.45) is 0.880. The molecule has 264 valence electrons. The number of carboxylic acids is 3. The van der Waals surface area contributed by atoms with E-state index in [9.17, 15) is 49.5 Å². The Morgan fingerprint density at radius 2 is 1.92 bits per heavy atom. The Morgan fingerprint density at radius 3 is 2.61 bits per heavy atom. The quantitative estimate of drug-likeness (QED) is 0.0242. The van der Waals surface area contributed by atoms with E-state index in [4.69, 9.17) is 10.6 Å². The van der Waals surface area contributed by atoms with Crippen molar-refractivity contribution in [1.82, 2.24) is 34.8 Å². The van der Waals surface area contributed by atoms with Crippen molar-refractivity contribution < 1.29 is 54.3 Å². The monoisotopic (exact) mass is 757 g/mol. The van der Waals surface area contributed by atoms with Crippen LogP contribution in [0.2, 0.25) is 0 Å². The van der Waals surface area contributed by atoms with E-state index in [0.29, 0.717) is 10.6 Å². The van der Waals surface area contributed by atoms with Gasteiger partial charge in [-0.25, -0.2) is 19.6 Å². The number of carbonyl (C=O) groups is 5. The number of aromatic carboxylic acids is 1. The fourth-order valence-corrected chi connectivity index (χ4v) is 8.15. The largest absolute Gasteiger partial charge is 0.504 e. The lowest BCUT2D eigenvalue weighted by atomic mass is 10.0. The predicted molar refractivity (Wildman–Crippen MR) is 177 cm³/mol. The number of thioether (sulfide) groups is 2. The van der Waals surface area contributed by atoms with Gasteiger partial charge in [-0.2, -0.15) is 14.6 Å². The fraction of sp³-hybridized carbons (Fsp3) is 0.214. The molecule has 3 aromatic heterocycles. The number of benzene rings is 1. The zero-order chi connectivity index (χ0) is 36.6. The van der Waals surface area contributed by atoms with E-state index in [2.05, 4.69) is 30.5 Å². The first-order valence-corrected chi connectivity index (χ1v) is 17.2. The number of nitrogens with one attached hydrogen (secondary N) is 1. The fourth-order valence-electron chi connectivity index (χ4n) is 5.09. The summed E-state index contributed by atoms with van der Waals surface area (Å²) >= 11 is 3.34. The third kappa shape index (κ3) is 6.93. The van der Waals surface area contributed by atoms with Gasteiger partial charge in [0.2, 0.25) is 0 Å². The van der Waals surface area contributed by atoms with Gasteiger partial charge in [-0.15, -0.1) is 34.9 Å². The molecule has 20 nitrogen and oxygen atoms in total. The molecular formula is C28H23N9O11S3. The Kier molecular flexibility index (Phi) is 9.67. The van der Waals surface area contributed by atoms with Gasteiger partial charge < -0.3 is 41.4 Å². The second-order valence-corrected chi connectivity index (χ2v) is 13.6. The van der Waals surface area contributed by atoms with Crippen LogP contribution in [-0.2, 0) is 37.0 Å². The first kappa shape index (κ1) is 34.9. The highest BCUT2D eigenvalue weighted by Gasteiger charge is 2.54. The van der Waals surface area contributed by atoms with E-state index in [1.165, 1.54) is 40.1 Å². The molecule has 2 aliphatic rings. The molecule has 0 radical (unpaired) electrons. The number of phenolic OH excluding ortho intramolecular Hbond substituents is 1. The number of aromatic nitrogens is 5. The maximum absolute atomic E-state index is 13.5.